The molecule has 0 amide bonds. The highest BCUT2D eigenvalue weighted by molar-refractivity contribution is 9.10. The molecule has 0 spiro atoms. The lowest BCUT2D eigenvalue weighted by Gasteiger charge is -1.99. The van der Waals surface area contributed by atoms with E-state index >= 15 is 0 Å². The van der Waals surface area contributed by atoms with E-state index in [1.807, 2.05) is 24.3 Å². The van der Waals surface area contributed by atoms with E-state index in [0.29, 0.717) is 12.2 Å². The summed E-state index contributed by atoms with van der Waals surface area (Å²) in [6.07, 6.45) is 0.361. The second-order valence-corrected chi connectivity index (χ2v) is 4.85. The lowest BCUT2D eigenvalue weighted by molar-refractivity contribution is -0.115. The second kappa shape index (κ2) is 6.71. The minimum absolute atomic E-state index is 0.178. The first kappa shape index (κ1) is 12.4. The Bertz CT molecular complexity index is 386. The molecule has 78 valence electrons. The van der Waals surface area contributed by atoms with Crippen molar-refractivity contribution in [2.45, 2.75) is 18.2 Å². The first-order valence-electron chi connectivity index (χ1n) is 4.52. The van der Waals surface area contributed by atoms with E-state index in [2.05, 4.69) is 27.8 Å². The van der Waals surface area contributed by atoms with Crippen LogP contribution < -0.4 is 0 Å². The zero-order valence-electron chi connectivity index (χ0n) is 8.42. The number of carbonyl (C=O) groups is 1. The third-order valence-electron chi connectivity index (χ3n) is 1.68. The Morgan fingerprint density at radius 2 is 2.07 bits per heavy atom. The van der Waals surface area contributed by atoms with Gasteiger partial charge in [-0.05, 0) is 31.2 Å². The van der Waals surface area contributed by atoms with Crippen molar-refractivity contribution in [3.63, 3.8) is 0 Å². The van der Waals surface area contributed by atoms with E-state index in [9.17, 15) is 4.79 Å². The summed E-state index contributed by atoms with van der Waals surface area (Å²) >= 11 is 4.91. The summed E-state index contributed by atoms with van der Waals surface area (Å²) < 4.78 is 1.05. The van der Waals surface area contributed by atoms with Crippen LogP contribution in [0.15, 0.2) is 33.6 Å². The maximum absolute atomic E-state index is 11.3. The molecule has 1 aromatic carbocycles. The van der Waals surface area contributed by atoms with Crippen LogP contribution in [0.3, 0.4) is 0 Å². The van der Waals surface area contributed by atoms with Crippen molar-refractivity contribution in [2.75, 3.05) is 5.75 Å². The summed E-state index contributed by atoms with van der Waals surface area (Å²) in [6, 6.07) is 7.93. The van der Waals surface area contributed by atoms with Gasteiger partial charge < -0.3 is 0 Å². The normalized spacial score (nSPS) is 9.20. The number of hydrogen-bond acceptors (Lipinski definition) is 2. The smallest absolute Gasteiger partial charge is 0.154 e. The average molecular weight is 283 g/mol. The van der Waals surface area contributed by atoms with Crippen LogP contribution in [0.4, 0.5) is 0 Å². The van der Waals surface area contributed by atoms with Gasteiger partial charge in [0.1, 0.15) is 0 Å². The first-order valence-corrected chi connectivity index (χ1v) is 6.30. The fourth-order valence-corrected chi connectivity index (χ4v) is 1.96. The first-order chi connectivity index (χ1) is 7.22. The number of carbonyl (C=O) groups excluding carboxylic acids is 1. The van der Waals surface area contributed by atoms with Gasteiger partial charge in [-0.25, -0.2) is 0 Å². The van der Waals surface area contributed by atoms with E-state index < -0.39 is 0 Å². The van der Waals surface area contributed by atoms with Gasteiger partial charge in [0.15, 0.2) is 5.78 Å². The molecule has 0 aliphatic rings. The van der Waals surface area contributed by atoms with Crippen LogP contribution in [-0.2, 0) is 4.79 Å². The molecule has 0 N–H and O–H groups in total. The van der Waals surface area contributed by atoms with E-state index in [0.717, 1.165) is 9.37 Å². The molecular weight excluding hydrogens is 272 g/mol. The van der Waals surface area contributed by atoms with Gasteiger partial charge in [0.05, 0.1) is 12.2 Å². The number of hydrogen-bond donors (Lipinski definition) is 0. The summed E-state index contributed by atoms with van der Waals surface area (Å²) in [5, 5.41) is 0. The van der Waals surface area contributed by atoms with Gasteiger partial charge in [-0.3, -0.25) is 4.79 Å². The quantitative estimate of drug-likeness (QED) is 0.621. The fourth-order valence-electron chi connectivity index (χ4n) is 0.933. The molecule has 0 saturated carbocycles. The van der Waals surface area contributed by atoms with Crippen LogP contribution in [0.2, 0.25) is 0 Å². The monoisotopic (exact) mass is 282 g/mol. The highest BCUT2D eigenvalue weighted by atomic mass is 79.9. The van der Waals surface area contributed by atoms with Crippen LogP contribution >= 0.6 is 27.7 Å². The number of rotatable bonds is 4. The third kappa shape index (κ3) is 5.06. The summed E-state index contributed by atoms with van der Waals surface area (Å²) in [6.45, 7) is 1.75. The molecule has 0 aliphatic carbocycles. The van der Waals surface area contributed by atoms with Crippen LogP contribution in [0.1, 0.15) is 13.3 Å². The lowest BCUT2D eigenvalue weighted by atomic mass is 10.3. The van der Waals surface area contributed by atoms with E-state index in [-0.39, 0.29) is 5.78 Å². The Balaban J connectivity index is 2.39. The molecule has 0 heterocycles. The van der Waals surface area contributed by atoms with Crippen molar-refractivity contribution in [1.29, 1.82) is 0 Å². The standard InChI is InChI=1S/C12H11BrOS/c1-2-3-4-11(14)9-15-12-7-5-10(13)6-8-12/h5-8H,4,9H2,1H3. The van der Waals surface area contributed by atoms with Gasteiger partial charge in [0.2, 0.25) is 0 Å². The maximum atomic E-state index is 11.3. The zero-order chi connectivity index (χ0) is 11.1. The molecule has 0 unspecified atom stereocenters. The molecule has 15 heavy (non-hydrogen) atoms. The highest BCUT2D eigenvalue weighted by Gasteiger charge is 2.01. The summed E-state index contributed by atoms with van der Waals surface area (Å²) in [5.41, 5.74) is 0. The van der Waals surface area contributed by atoms with Crippen molar-refractivity contribution >= 4 is 33.5 Å². The van der Waals surface area contributed by atoms with Gasteiger partial charge in [0.25, 0.3) is 0 Å². The summed E-state index contributed by atoms with van der Waals surface area (Å²) in [4.78, 5) is 12.4. The Kier molecular flexibility index (Phi) is 5.52. The minimum atomic E-state index is 0.178. The molecule has 0 aliphatic heterocycles. The Hall–Kier alpha value is -0.720. The van der Waals surface area contributed by atoms with Gasteiger partial charge in [-0.15, -0.1) is 17.7 Å². The van der Waals surface area contributed by atoms with Crippen LogP contribution in [0.25, 0.3) is 0 Å². The van der Waals surface area contributed by atoms with Crippen molar-refractivity contribution in [2.24, 2.45) is 0 Å². The minimum Gasteiger partial charge on any atom is -0.298 e. The highest BCUT2D eigenvalue weighted by Crippen LogP contribution is 2.20. The van der Waals surface area contributed by atoms with Crippen molar-refractivity contribution in [3.05, 3.63) is 28.7 Å². The lowest BCUT2D eigenvalue weighted by Crippen LogP contribution is -1.98. The molecule has 1 nitrogen and oxygen atoms in total. The maximum Gasteiger partial charge on any atom is 0.154 e. The second-order valence-electron chi connectivity index (χ2n) is 2.88. The molecule has 0 radical (unpaired) electrons. The van der Waals surface area contributed by atoms with Crippen molar-refractivity contribution in [1.82, 2.24) is 0 Å². The van der Waals surface area contributed by atoms with Crippen LogP contribution in [0.5, 0.6) is 0 Å². The molecule has 0 fully saturated rings. The Morgan fingerprint density at radius 1 is 1.40 bits per heavy atom. The largest absolute Gasteiger partial charge is 0.298 e. The van der Waals surface area contributed by atoms with Gasteiger partial charge in [-0.1, -0.05) is 21.9 Å². The number of ketones is 1. The predicted molar refractivity (Wildman–Crippen MR) is 67.9 cm³/mol. The van der Waals surface area contributed by atoms with E-state index in [4.69, 9.17) is 0 Å². The number of thioether (sulfide) groups is 1. The van der Waals surface area contributed by atoms with E-state index in [1.165, 1.54) is 0 Å². The molecule has 0 saturated heterocycles. The number of benzene rings is 1. The fraction of sp³-hybridized carbons (Fsp3) is 0.250. The number of halogens is 1. The molecule has 3 heteroatoms. The van der Waals surface area contributed by atoms with Gasteiger partial charge in [0, 0.05) is 9.37 Å². The predicted octanol–water partition coefficient (Wildman–Crippen LogP) is 3.52. The van der Waals surface area contributed by atoms with Crippen LogP contribution in [0, 0.1) is 11.8 Å². The van der Waals surface area contributed by atoms with E-state index in [1.54, 1.807) is 18.7 Å². The summed E-state index contributed by atoms with van der Waals surface area (Å²) in [7, 11) is 0. The van der Waals surface area contributed by atoms with Crippen molar-refractivity contribution < 1.29 is 4.79 Å². The topological polar surface area (TPSA) is 17.1 Å². The third-order valence-corrected chi connectivity index (χ3v) is 3.28. The summed E-state index contributed by atoms with van der Waals surface area (Å²) in [5.74, 6) is 6.17. The Morgan fingerprint density at radius 3 is 2.67 bits per heavy atom. The van der Waals surface area contributed by atoms with Crippen LogP contribution in [-0.4, -0.2) is 11.5 Å². The Labute approximate surface area is 103 Å². The zero-order valence-corrected chi connectivity index (χ0v) is 10.8. The van der Waals surface area contributed by atoms with Gasteiger partial charge in [-0.2, -0.15) is 0 Å². The van der Waals surface area contributed by atoms with Crippen molar-refractivity contribution in [3.8, 4) is 11.8 Å². The molecule has 0 bridgehead atoms. The molecular formula is C12H11BrOS. The molecule has 0 atom stereocenters. The van der Waals surface area contributed by atoms with Gasteiger partial charge >= 0.3 is 0 Å². The number of Topliss-reactive ketones (excluding diaryl/α,β-unsaturated/α-hetero) is 1. The molecule has 1 rings (SSSR count). The molecule has 0 aromatic heterocycles. The molecule has 1 aromatic rings. The average Bonchev–Trinajstić information content (AvgIpc) is 2.25. The SMILES string of the molecule is CC#CCC(=O)CSc1ccc(Br)cc1.